The standard InChI is InChI=1S/C25H35N3O4S/c1-5-28(6-2)33(30,31)22-11-12-24(27-15-13-19(3)14-16-27)23(17-22)25(29)26-18-20-7-9-21(32-4)10-8-20/h7-12,17,19H,5-6,13-16,18H2,1-4H3,(H,26,29). The van der Waals surface area contributed by atoms with E-state index >= 15 is 0 Å². The van der Waals surface area contributed by atoms with Crippen molar-refractivity contribution in [1.29, 1.82) is 0 Å². The van der Waals surface area contributed by atoms with Crippen molar-refractivity contribution in [3.8, 4) is 5.75 Å². The van der Waals surface area contributed by atoms with Gasteiger partial charge in [-0.25, -0.2) is 8.42 Å². The zero-order valence-corrected chi connectivity index (χ0v) is 20.8. The first-order valence-corrected chi connectivity index (χ1v) is 13.0. The van der Waals surface area contributed by atoms with E-state index in [2.05, 4.69) is 17.1 Å². The van der Waals surface area contributed by atoms with Crippen molar-refractivity contribution in [2.75, 3.05) is 38.2 Å². The second-order valence-corrected chi connectivity index (χ2v) is 10.4. The van der Waals surface area contributed by atoms with Crippen LogP contribution in [0.3, 0.4) is 0 Å². The molecule has 33 heavy (non-hydrogen) atoms. The quantitative estimate of drug-likeness (QED) is 0.598. The lowest BCUT2D eigenvalue weighted by Gasteiger charge is -2.33. The molecule has 1 N–H and O–H groups in total. The number of nitrogens with zero attached hydrogens (tertiary/aromatic N) is 2. The lowest BCUT2D eigenvalue weighted by atomic mass is 9.98. The maximum absolute atomic E-state index is 13.3. The molecular weight excluding hydrogens is 438 g/mol. The monoisotopic (exact) mass is 473 g/mol. The van der Waals surface area contributed by atoms with Crippen LogP contribution >= 0.6 is 0 Å². The minimum absolute atomic E-state index is 0.148. The Morgan fingerprint density at radius 1 is 1.09 bits per heavy atom. The summed E-state index contributed by atoms with van der Waals surface area (Å²) in [7, 11) is -2.06. The number of carbonyl (C=O) groups is 1. The molecule has 0 unspecified atom stereocenters. The first kappa shape index (κ1) is 25.1. The summed E-state index contributed by atoms with van der Waals surface area (Å²) < 4.78 is 32.8. The first-order chi connectivity index (χ1) is 15.8. The number of rotatable bonds is 9. The smallest absolute Gasteiger partial charge is 0.253 e. The van der Waals surface area contributed by atoms with E-state index in [1.54, 1.807) is 19.2 Å². The van der Waals surface area contributed by atoms with E-state index in [-0.39, 0.29) is 10.8 Å². The van der Waals surface area contributed by atoms with E-state index in [1.165, 1.54) is 10.4 Å². The minimum atomic E-state index is -3.67. The van der Waals surface area contributed by atoms with Gasteiger partial charge in [0.15, 0.2) is 0 Å². The van der Waals surface area contributed by atoms with Gasteiger partial charge in [0.05, 0.1) is 17.6 Å². The van der Waals surface area contributed by atoms with E-state index in [0.717, 1.165) is 42.9 Å². The summed E-state index contributed by atoms with van der Waals surface area (Å²) in [6, 6.07) is 12.4. The van der Waals surface area contributed by atoms with Crippen molar-refractivity contribution in [3.63, 3.8) is 0 Å². The van der Waals surface area contributed by atoms with E-state index < -0.39 is 10.0 Å². The predicted molar refractivity (Wildman–Crippen MR) is 131 cm³/mol. The normalized spacial score (nSPS) is 15.0. The number of hydrogen-bond donors (Lipinski definition) is 1. The number of sulfonamides is 1. The molecule has 0 aromatic heterocycles. The van der Waals surface area contributed by atoms with Gasteiger partial charge in [-0.1, -0.05) is 32.9 Å². The second-order valence-electron chi connectivity index (χ2n) is 8.47. The Morgan fingerprint density at radius 3 is 2.30 bits per heavy atom. The summed E-state index contributed by atoms with van der Waals surface area (Å²) in [5.41, 5.74) is 2.11. The topological polar surface area (TPSA) is 79.0 Å². The van der Waals surface area contributed by atoms with Gasteiger partial charge in [-0.3, -0.25) is 4.79 Å². The van der Waals surface area contributed by atoms with Crippen LogP contribution in [0.25, 0.3) is 0 Å². The van der Waals surface area contributed by atoms with Gasteiger partial charge in [-0.2, -0.15) is 4.31 Å². The maximum Gasteiger partial charge on any atom is 0.253 e. The van der Waals surface area contributed by atoms with Crippen LogP contribution in [0.2, 0.25) is 0 Å². The van der Waals surface area contributed by atoms with Crippen molar-refractivity contribution < 1.29 is 17.9 Å². The van der Waals surface area contributed by atoms with Gasteiger partial charge in [0.1, 0.15) is 5.75 Å². The number of amides is 1. The molecule has 0 aliphatic carbocycles. The van der Waals surface area contributed by atoms with Gasteiger partial charge in [-0.05, 0) is 54.7 Å². The summed E-state index contributed by atoms with van der Waals surface area (Å²) in [5, 5.41) is 2.96. The van der Waals surface area contributed by atoms with Gasteiger partial charge < -0.3 is 15.0 Å². The molecule has 1 amide bonds. The zero-order valence-electron chi connectivity index (χ0n) is 20.0. The molecule has 0 radical (unpaired) electrons. The Morgan fingerprint density at radius 2 is 1.73 bits per heavy atom. The van der Waals surface area contributed by atoms with Gasteiger partial charge in [0.25, 0.3) is 5.91 Å². The van der Waals surface area contributed by atoms with Crippen LogP contribution in [0.15, 0.2) is 47.4 Å². The van der Waals surface area contributed by atoms with Crippen molar-refractivity contribution in [1.82, 2.24) is 9.62 Å². The van der Waals surface area contributed by atoms with Gasteiger partial charge in [-0.15, -0.1) is 0 Å². The van der Waals surface area contributed by atoms with Crippen LogP contribution in [-0.2, 0) is 16.6 Å². The molecule has 1 heterocycles. The number of benzene rings is 2. The minimum Gasteiger partial charge on any atom is -0.497 e. The number of nitrogens with one attached hydrogen (secondary N) is 1. The number of carbonyl (C=O) groups excluding carboxylic acids is 1. The molecule has 0 spiro atoms. The molecule has 1 aliphatic rings. The Bertz CT molecular complexity index is 1040. The maximum atomic E-state index is 13.3. The summed E-state index contributed by atoms with van der Waals surface area (Å²) in [5.74, 6) is 1.12. The lowest BCUT2D eigenvalue weighted by Crippen LogP contribution is -2.35. The average molecular weight is 474 g/mol. The number of methoxy groups -OCH3 is 1. The third kappa shape index (κ3) is 5.86. The number of hydrogen-bond acceptors (Lipinski definition) is 5. The fourth-order valence-electron chi connectivity index (χ4n) is 4.12. The third-order valence-electron chi connectivity index (χ3n) is 6.29. The van der Waals surface area contributed by atoms with Gasteiger partial charge in [0.2, 0.25) is 10.0 Å². The third-order valence-corrected chi connectivity index (χ3v) is 8.34. The fraction of sp³-hybridized carbons (Fsp3) is 0.480. The highest BCUT2D eigenvalue weighted by molar-refractivity contribution is 7.89. The largest absolute Gasteiger partial charge is 0.497 e. The van der Waals surface area contributed by atoms with E-state index in [4.69, 9.17) is 4.74 Å². The molecule has 7 nitrogen and oxygen atoms in total. The molecule has 1 aliphatic heterocycles. The van der Waals surface area contributed by atoms with Crippen LogP contribution in [-0.4, -0.2) is 51.9 Å². The zero-order chi connectivity index (χ0) is 24.0. The molecule has 2 aromatic rings. The van der Waals surface area contributed by atoms with Crippen LogP contribution in [0.1, 0.15) is 49.5 Å². The molecule has 8 heteroatoms. The Balaban J connectivity index is 1.91. The lowest BCUT2D eigenvalue weighted by molar-refractivity contribution is 0.0951. The fourth-order valence-corrected chi connectivity index (χ4v) is 5.60. The molecule has 180 valence electrons. The Hall–Kier alpha value is -2.58. The van der Waals surface area contributed by atoms with Crippen molar-refractivity contribution >= 4 is 21.6 Å². The Labute approximate surface area is 197 Å². The second kappa shape index (κ2) is 11.0. The number of ether oxygens (including phenoxy) is 1. The molecule has 1 saturated heterocycles. The molecule has 2 aromatic carbocycles. The van der Waals surface area contributed by atoms with Gasteiger partial charge >= 0.3 is 0 Å². The summed E-state index contributed by atoms with van der Waals surface area (Å²) in [6.45, 7) is 8.66. The van der Waals surface area contributed by atoms with Crippen LogP contribution in [0.4, 0.5) is 5.69 Å². The predicted octanol–water partition coefficient (Wildman–Crippen LogP) is 3.89. The first-order valence-electron chi connectivity index (χ1n) is 11.6. The molecule has 0 saturated carbocycles. The van der Waals surface area contributed by atoms with Gasteiger partial charge in [0, 0.05) is 38.4 Å². The molecule has 0 bridgehead atoms. The number of piperidine rings is 1. The van der Waals surface area contributed by atoms with Crippen LogP contribution in [0.5, 0.6) is 5.75 Å². The van der Waals surface area contributed by atoms with Crippen molar-refractivity contribution in [2.45, 2.75) is 45.1 Å². The summed E-state index contributed by atoms with van der Waals surface area (Å²) >= 11 is 0. The molecule has 3 rings (SSSR count). The summed E-state index contributed by atoms with van der Waals surface area (Å²) in [6.07, 6.45) is 2.10. The highest BCUT2D eigenvalue weighted by Gasteiger charge is 2.26. The van der Waals surface area contributed by atoms with E-state index in [9.17, 15) is 13.2 Å². The summed E-state index contributed by atoms with van der Waals surface area (Å²) in [4.78, 5) is 15.6. The molecular formula is C25H35N3O4S. The highest BCUT2D eigenvalue weighted by Crippen LogP contribution is 2.29. The van der Waals surface area contributed by atoms with Crippen LogP contribution in [0, 0.1) is 5.92 Å². The molecule has 0 atom stereocenters. The van der Waals surface area contributed by atoms with Crippen molar-refractivity contribution in [2.24, 2.45) is 5.92 Å². The SMILES string of the molecule is CCN(CC)S(=O)(=O)c1ccc(N2CCC(C)CC2)c(C(=O)NCc2ccc(OC)cc2)c1. The van der Waals surface area contributed by atoms with E-state index in [0.29, 0.717) is 31.1 Å². The van der Waals surface area contributed by atoms with Crippen molar-refractivity contribution in [3.05, 3.63) is 53.6 Å². The molecule has 1 fully saturated rings. The van der Waals surface area contributed by atoms with E-state index in [1.807, 2.05) is 38.1 Å². The Kier molecular flexibility index (Phi) is 8.37. The number of anilines is 1. The van der Waals surface area contributed by atoms with Crippen LogP contribution < -0.4 is 15.0 Å². The average Bonchev–Trinajstić information content (AvgIpc) is 2.83. The highest BCUT2D eigenvalue weighted by atomic mass is 32.2.